The van der Waals surface area contributed by atoms with Gasteiger partial charge in [0, 0.05) is 12.7 Å². The van der Waals surface area contributed by atoms with Crippen molar-refractivity contribution in [2.75, 3.05) is 6.61 Å². The molecule has 2 rings (SSSR count). The van der Waals surface area contributed by atoms with Gasteiger partial charge in [-0.3, -0.25) is 4.79 Å². The minimum Gasteiger partial charge on any atom is -0.370 e. The molecule has 1 unspecified atom stereocenters. The Morgan fingerprint density at radius 1 is 1.47 bits per heavy atom. The van der Waals surface area contributed by atoms with Gasteiger partial charge < -0.3 is 4.74 Å². The van der Waals surface area contributed by atoms with Crippen LogP contribution >= 0.6 is 0 Å². The number of Topliss-reactive ketones (excluding diaryl/α,β-unsaturated/α-hetero) is 1. The molecule has 1 saturated carbocycles. The second kappa shape index (κ2) is 4.92. The summed E-state index contributed by atoms with van der Waals surface area (Å²) in [5, 5.41) is 0. The van der Waals surface area contributed by atoms with Gasteiger partial charge >= 0.3 is 0 Å². The smallest absolute Gasteiger partial charge is 0.194 e. The van der Waals surface area contributed by atoms with Crippen molar-refractivity contribution in [1.82, 2.24) is 0 Å². The summed E-state index contributed by atoms with van der Waals surface area (Å²) in [7, 11) is 0. The zero-order valence-corrected chi connectivity index (χ0v) is 9.58. The molecule has 0 spiro atoms. The first-order chi connectivity index (χ1) is 8.13. The van der Waals surface area contributed by atoms with Crippen molar-refractivity contribution in [3.8, 4) is 0 Å². The highest BCUT2D eigenvalue weighted by atomic mass is 19.1. The molecule has 2 nitrogen and oxygen atoms in total. The number of halogens is 2. The zero-order chi connectivity index (χ0) is 12.4. The number of carbonyl (C=O) groups excluding carboxylic acids is 1. The topological polar surface area (TPSA) is 26.3 Å². The van der Waals surface area contributed by atoms with Crippen LogP contribution in [0.5, 0.6) is 0 Å². The second-order valence-electron chi connectivity index (χ2n) is 4.20. The van der Waals surface area contributed by atoms with E-state index < -0.39 is 17.7 Å². The summed E-state index contributed by atoms with van der Waals surface area (Å²) >= 11 is 0. The number of hydrogen-bond acceptors (Lipinski definition) is 2. The lowest BCUT2D eigenvalue weighted by molar-refractivity contribution is 0.0371. The summed E-state index contributed by atoms with van der Waals surface area (Å²) in [5.41, 5.74) is -0.0863. The lowest BCUT2D eigenvalue weighted by Gasteiger charge is -2.15. The fourth-order valence-electron chi connectivity index (χ4n) is 1.85. The molecule has 0 heterocycles. The van der Waals surface area contributed by atoms with Gasteiger partial charge in [0.05, 0.1) is 5.56 Å². The molecule has 1 aliphatic carbocycles. The van der Waals surface area contributed by atoms with Crippen LogP contribution in [0.3, 0.4) is 0 Å². The Labute approximate surface area is 98.6 Å². The van der Waals surface area contributed by atoms with Crippen LogP contribution in [-0.4, -0.2) is 18.5 Å². The van der Waals surface area contributed by atoms with Crippen molar-refractivity contribution < 1.29 is 18.3 Å². The van der Waals surface area contributed by atoms with E-state index in [0.29, 0.717) is 6.61 Å². The Balaban J connectivity index is 2.22. The van der Waals surface area contributed by atoms with E-state index in [4.69, 9.17) is 4.74 Å². The SMILES string of the molecule is CCOC(C(=O)c1ccc(F)cc1F)C1CC1. The highest BCUT2D eigenvalue weighted by Crippen LogP contribution is 2.36. The molecule has 92 valence electrons. The first-order valence-electron chi connectivity index (χ1n) is 5.74. The molecule has 0 bridgehead atoms. The van der Waals surface area contributed by atoms with Crippen molar-refractivity contribution in [3.05, 3.63) is 35.4 Å². The molecule has 1 aromatic carbocycles. The molecule has 0 saturated heterocycles. The average Bonchev–Trinajstić information content (AvgIpc) is 3.09. The van der Waals surface area contributed by atoms with Crippen LogP contribution in [0.25, 0.3) is 0 Å². The quantitative estimate of drug-likeness (QED) is 0.739. The molecule has 0 amide bonds. The number of rotatable bonds is 5. The predicted molar refractivity (Wildman–Crippen MR) is 58.8 cm³/mol. The van der Waals surface area contributed by atoms with Crippen molar-refractivity contribution >= 4 is 5.78 Å². The fourth-order valence-corrected chi connectivity index (χ4v) is 1.85. The van der Waals surface area contributed by atoms with Crippen LogP contribution < -0.4 is 0 Å². The highest BCUT2D eigenvalue weighted by Gasteiger charge is 2.37. The van der Waals surface area contributed by atoms with Gasteiger partial charge in [0.1, 0.15) is 17.7 Å². The summed E-state index contributed by atoms with van der Waals surface area (Å²) < 4.78 is 31.6. The van der Waals surface area contributed by atoms with Gasteiger partial charge in [-0.25, -0.2) is 8.78 Å². The van der Waals surface area contributed by atoms with Gasteiger partial charge in [0.25, 0.3) is 0 Å². The van der Waals surface area contributed by atoms with Crippen LogP contribution in [0.2, 0.25) is 0 Å². The lowest BCUT2D eigenvalue weighted by Crippen LogP contribution is -2.27. The molecule has 4 heteroatoms. The van der Waals surface area contributed by atoms with E-state index in [9.17, 15) is 13.6 Å². The molecule has 0 N–H and O–H groups in total. The van der Waals surface area contributed by atoms with Gasteiger partial charge in [-0.1, -0.05) is 0 Å². The first-order valence-corrected chi connectivity index (χ1v) is 5.74. The van der Waals surface area contributed by atoms with E-state index in [2.05, 4.69) is 0 Å². The van der Waals surface area contributed by atoms with Gasteiger partial charge in [-0.2, -0.15) is 0 Å². The monoisotopic (exact) mass is 240 g/mol. The summed E-state index contributed by atoms with van der Waals surface area (Å²) in [5.74, 6) is -1.70. The van der Waals surface area contributed by atoms with Crippen LogP contribution in [-0.2, 0) is 4.74 Å². The van der Waals surface area contributed by atoms with E-state index in [1.54, 1.807) is 6.92 Å². The molecule has 1 aliphatic rings. The number of benzene rings is 1. The third-order valence-electron chi connectivity index (χ3n) is 2.85. The van der Waals surface area contributed by atoms with E-state index in [1.807, 2.05) is 0 Å². The van der Waals surface area contributed by atoms with Crippen molar-refractivity contribution in [1.29, 1.82) is 0 Å². The summed E-state index contributed by atoms with van der Waals surface area (Å²) in [6.07, 6.45) is 1.28. The Bertz CT molecular complexity index is 427. The fraction of sp³-hybridized carbons (Fsp3) is 0.462. The summed E-state index contributed by atoms with van der Waals surface area (Å²) in [4.78, 5) is 12.1. The summed E-state index contributed by atoms with van der Waals surface area (Å²) in [6, 6.07) is 3.00. The van der Waals surface area contributed by atoms with Crippen molar-refractivity contribution in [2.45, 2.75) is 25.9 Å². The molecule has 0 aromatic heterocycles. The van der Waals surface area contributed by atoms with Gasteiger partial charge in [0.2, 0.25) is 0 Å². The maximum atomic E-state index is 13.5. The molecule has 17 heavy (non-hydrogen) atoms. The van der Waals surface area contributed by atoms with Crippen LogP contribution in [0, 0.1) is 17.6 Å². The Hall–Kier alpha value is -1.29. The van der Waals surface area contributed by atoms with Crippen molar-refractivity contribution in [3.63, 3.8) is 0 Å². The molecule has 1 fully saturated rings. The van der Waals surface area contributed by atoms with Crippen LogP contribution in [0.1, 0.15) is 30.1 Å². The second-order valence-corrected chi connectivity index (χ2v) is 4.20. The largest absolute Gasteiger partial charge is 0.370 e. The molecule has 0 aliphatic heterocycles. The van der Waals surface area contributed by atoms with E-state index in [1.165, 1.54) is 6.07 Å². The number of carbonyl (C=O) groups is 1. The van der Waals surface area contributed by atoms with Crippen LogP contribution in [0.15, 0.2) is 18.2 Å². The average molecular weight is 240 g/mol. The van der Waals surface area contributed by atoms with E-state index in [0.717, 1.165) is 25.0 Å². The van der Waals surface area contributed by atoms with E-state index in [-0.39, 0.29) is 17.3 Å². The molecule has 0 radical (unpaired) electrons. The molecule has 1 atom stereocenters. The van der Waals surface area contributed by atoms with E-state index >= 15 is 0 Å². The predicted octanol–water partition coefficient (Wildman–Crippen LogP) is 2.96. The van der Waals surface area contributed by atoms with Crippen LogP contribution in [0.4, 0.5) is 8.78 Å². The first kappa shape index (κ1) is 12.2. The van der Waals surface area contributed by atoms with Gasteiger partial charge in [-0.05, 0) is 37.8 Å². The zero-order valence-electron chi connectivity index (χ0n) is 9.58. The maximum Gasteiger partial charge on any atom is 0.194 e. The molecule has 1 aromatic rings. The third kappa shape index (κ3) is 2.69. The minimum absolute atomic E-state index is 0.0863. The normalized spacial score (nSPS) is 16.9. The Kier molecular flexibility index (Phi) is 3.52. The maximum absolute atomic E-state index is 13.5. The standard InChI is InChI=1S/C13H14F2O2/c1-2-17-13(8-3-4-8)12(16)10-6-5-9(14)7-11(10)15/h5-8,13H,2-4H2,1H3. The molecular formula is C13H14F2O2. The number of ether oxygens (including phenoxy) is 1. The van der Waals surface area contributed by atoms with Gasteiger partial charge in [0.15, 0.2) is 5.78 Å². The van der Waals surface area contributed by atoms with Gasteiger partial charge in [-0.15, -0.1) is 0 Å². The minimum atomic E-state index is -0.819. The third-order valence-corrected chi connectivity index (χ3v) is 2.85. The number of hydrogen-bond donors (Lipinski definition) is 0. The summed E-state index contributed by atoms with van der Waals surface area (Å²) in [6.45, 7) is 2.21. The Morgan fingerprint density at radius 2 is 2.18 bits per heavy atom. The van der Waals surface area contributed by atoms with Crippen molar-refractivity contribution in [2.24, 2.45) is 5.92 Å². The lowest BCUT2D eigenvalue weighted by atomic mass is 10.0. The highest BCUT2D eigenvalue weighted by molar-refractivity contribution is 6.00. The Morgan fingerprint density at radius 3 is 2.71 bits per heavy atom. The molecular weight excluding hydrogens is 226 g/mol. The number of ketones is 1.